The van der Waals surface area contributed by atoms with Crippen LogP contribution in [-0.4, -0.2) is 6.17 Å². The molecular formula is C22H28N2. The van der Waals surface area contributed by atoms with Crippen LogP contribution in [0.1, 0.15) is 36.1 Å². The van der Waals surface area contributed by atoms with Crippen molar-refractivity contribution in [1.82, 2.24) is 0 Å². The van der Waals surface area contributed by atoms with Crippen LogP contribution in [0, 0.1) is 33.6 Å². The molecular weight excluding hydrogens is 292 g/mol. The van der Waals surface area contributed by atoms with Crippen molar-refractivity contribution in [1.29, 1.82) is 0 Å². The van der Waals surface area contributed by atoms with E-state index in [9.17, 15) is 0 Å². The fourth-order valence-electron chi connectivity index (χ4n) is 3.73. The van der Waals surface area contributed by atoms with E-state index in [1.807, 2.05) is 0 Å². The number of nitrogens with zero attached hydrogens (tertiary/aromatic N) is 2. The minimum Gasteiger partial charge on any atom is -0.325 e. The van der Waals surface area contributed by atoms with E-state index in [0.717, 1.165) is 0 Å². The van der Waals surface area contributed by atoms with Crippen LogP contribution < -0.4 is 9.80 Å². The van der Waals surface area contributed by atoms with Crippen molar-refractivity contribution >= 4 is 11.4 Å². The molecule has 0 bridgehead atoms. The first-order chi connectivity index (χ1) is 11.4. The van der Waals surface area contributed by atoms with E-state index in [4.69, 9.17) is 0 Å². The Morgan fingerprint density at radius 1 is 0.708 bits per heavy atom. The first-order valence-corrected chi connectivity index (χ1v) is 8.78. The van der Waals surface area contributed by atoms with Crippen LogP contribution in [0.15, 0.2) is 48.8 Å². The second-order valence-electron chi connectivity index (χ2n) is 7.35. The topological polar surface area (TPSA) is 6.48 Å². The molecule has 0 N–H and O–H groups in total. The quantitative estimate of drug-likeness (QED) is 0.715. The molecule has 2 nitrogen and oxygen atoms in total. The van der Waals surface area contributed by atoms with Gasteiger partial charge in [0, 0.05) is 23.8 Å². The second-order valence-corrected chi connectivity index (χ2v) is 7.35. The lowest BCUT2D eigenvalue weighted by Crippen LogP contribution is -2.43. The lowest BCUT2D eigenvalue weighted by molar-refractivity contribution is 0.500. The average Bonchev–Trinajstić information content (AvgIpc) is 2.91. The summed E-state index contributed by atoms with van der Waals surface area (Å²) in [6, 6.07) is 13.4. The molecule has 0 saturated heterocycles. The fourth-order valence-corrected chi connectivity index (χ4v) is 3.73. The van der Waals surface area contributed by atoms with Crippen molar-refractivity contribution in [2.24, 2.45) is 5.92 Å². The Morgan fingerprint density at radius 2 is 1.12 bits per heavy atom. The van der Waals surface area contributed by atoms with Crippen LogP contribution in [0.5, 0.6) is 0 Å². The number of aryl methyl sites for hydroxylation is 4. The highest BCUT2D eigenvalue weighted by Gasteiger charge is 2.32. The molecule has 0 aliphatic carbocycles. The van der Waals surface area contributed by atoms with Gasteiger partial charge < -0.3 is 9.80 Å². The molecule has 0 amide bonds. The SMILES string of the molecule is Cc1ccc(N2C=CN(c3ccc(C)cc3C)C2C(C)C)c(C)c1. The summed E-state index contributed by atoms with van der Waals surface area (Å²) in [6.45, 7) is 13.3. The molecule has 1 aliphatic heterocycles. The summed E-state index contributed by atoms with van der Waals surface area (Å²) in [5, 5.41) is 0. The predicted molar refractivity (Wildman–Crippen MR) is 105 cm³/mol. The third kappa shape index (κ3) is 2.93. The number of benzene rings is 2. The largest absolute Gasteiger partial charge is 0.325 e. The Hall–Kier alpha value is -2.22. The van der Waals surface area contributed by atoms with Crippen LogP contribution in [0.3, 0.4) is 0 Å². The van der Waals surface area contributed by atoms with Gasteiger partial charge in [0.1, 0.15) is 6.17 Å². The highest BCUT2D eigenvalue weighted by molar-refractivity contribution is 5.66. The smallest absolute Gasteiger partial charge is 0.112 e. The van der Waals surface area contributed by atoms with Crippen molar-refractivity contribution < 1.29 is 0 Å². The maximum absolute atomic E-state index is 2.42. The van der Waals surface area contributed by atoms with Gasteiger partial charge in [-0.1, -0.05) is 49.2 Å². The summed E-state index contributed by atoms with van der Waals surface area (Å²) in [5.41, 5.74) is 7.87. The minimum absolute atomic E-state index is 0.299. The molecule has 0 aromatic heterocycles. The van der Waals surface area contributed by atoms with Crippen LogP contribution in [-0.2, 0) is 0 Å². The highest BCUT2D eigenvalue weighted by atomic mass is 15.4. The van der Waals surface area contributed by atoms with Crippen molar-refractivity contribution in [2.45, 2.75) is 47.7 Å². The van der Waals surface area contributed by atoms with Crippen LogP contribution in [0.4, 0.5) is 11.4 Å². The van der Waals surface area contributed by atoms with E-state index in [-0.39, 0.29) is 0 Å². The van der Waals surface area contributed by atoms with E-state index in [1.54, 1.807) is 0 Å². The summed E-state index contributed by atoms with van der Waals surface area (Å²) in [7, 11) is 0. The molecule has 0 unspecified atom stereocenters. The van der Waals surface area contributed by atoms with Gasteiger partial charge in [-0.2, -0.15) is 0 Å². The van der Waals surface area contributed by atoms with Crippen molar-refractivity contribution in [2.75, 3.05) is 9.80 Å². The van der Waals surface area contributed by atoms with Gasteiger partial charge >= 0.3 is 0 Å². The van der Waals surface area contributed by atoms with E-state index in [1.165, 1.54) is 33.6 Å². The average molecular weight is 320 g/mol. The van der Waals surface area contributed by atoms with Gasteiger partial charge in [-0.25, -0.2) is 0 Å². The van der Waals surface area contributed by atoms with Crippen LogP contribution in [0.2, 0.25) is 0 Å². The lowest BCUT2D eigenvalue weighted by atomic mass is 10.0. The predicted octanol–water partition coefficient (Wildman–Crippen LogP) is 5.70. The number of hydrogen-bond acceptors (Lipinski definition) is 2. The van der Waals surface area contributed by atoms with Crippen molar-refractivity contribution in [3.05, 3.63) is 71.1 Å². The number of hydrogen-bond donors (Lipinski definition) is 0. The number of anilines is 2. The summed E-state index contributed by atoms with van der Waals surface area (Å²) in [4.78, 5) is 4.83. The summed E-state index contributed by atoms with van der Waals surface area (Å²) in [6.07, 6.45) is 4.75. The highest BCUT2D eigenvalue weighted by Crippen LogP contribution is 2.36. The first kappa shape index (κ1) is 16.6. The molecule has 1 heterocycles. The standard InChI is InChI=1S/C22H28N2/c1-15(2)22-23(20-9-7-16(3)13-18(20)5)11-12-24(22)21-10-8-17(4)14-19(21)6/h7-15,22H,1-6H3. The Labute approximate surface area is 146 Å². The molecule has 1 aliphatic rings. The summed E-state index contributed by atoms with van der Waals surface area (Å²) < 4.78 is 0. The van der Waals surface area contributed by atoms with Crippen LogP contribution >= 0.6 is 0 Å². The molecule has 126 valence electrons. The zero-order valence-electron chi connectivity index (χ0n) is 15.7. The van der Waals surface area contributed by atoms with Crippen LogP contribution in [0.25, 0.3) is 0 Å². The Kier molecular flexibility index (Phi) is 4.40. The van der Waals surface area contributed by atoms with Crippen molar-refractivity contribution in [3.8, 4) is 0 Å². The van der Waals surface area contributed by atoms with E-state index in [0.29, 0.717) is 12.1 Å². The zero-order chi connectivity index (χ0) is 17.4. The third-order valence-corrected chi connectivity index (χ3v) is 4.82. The maximum atomic E-state index is 2.42. The Balaban J connectivity index is 2.01. The van der Waals surface area contributed by atoms with Gasteiger partial charge in [-0.3, -0.25) is 0 Å². The normalized spacial score (nSPS) is 15.0. The van der Waals surface area contributed by atoms with Gasteiger partial charge in [-0.15, -0.1) is 0 Å². The monoisotopic (exact) mass is 320 g/mol. The lowest BCUT2D eigenvalue weighted by Gasteiger charge is -2.37. The fraction of sp³-hybridized carbons (Fsp3) is 0.364. The molecule has 0 fully saturated rings. The summed E-state index contributed by atoms with van der Waals surface area (Å²) >= 11 is 0. The molecule has 0 radical (unpaired) electrons. The van der Waals surface area contributed by atoms with Gasteiger partial charge in [0.2, 0.25) is 0 Å². The van der Waals surface area contributed by atoms with Gasteiger partial charge in [-0.05, 0) is 56.9 Å². The molecule has 24 heavy (non-hydrogen) atoms. The van der Waals surface area contributed by atoms with E-state index < -0.39 is 0 Å². The van der Waals surface area contributed by atoms with Gasteiger partial charge in [0.25, 0.3) is 0 Å². The molecule has 0 saturated carbocycles. The minimum atomic E-state index is 0.299. The maximum Gasteiger partial charge on any atom is 0.112 e. The molecule has 0 atom stereocenters. The summed E-state index contributed by atoms with van der Waals surface area (Å²) in [5.74, 6) is 0.501. The van der Waals surface area contributed by atoms with Gasteiger partial charge in [0.05, 0.1) is 0 Å². The molecule has 0 spiro atoms. The Bertz CT molecular complexity index is 712. The van der Waals surface area contributed by atoms with E-state index >= 15 is 0 Å². The first-order valence-electron chi connectivity index (χ1n) is 8.78. The van der Waals surface area contributed by atoms with Crippen molar-refractivity contribution in [3.63, 3.8) is 0 Å². The van der Waals surface area contributed by atoms with Gasteiger partial charge in [0.15, 0.2) is 0 Å². The number of rotatable bonds is 3. The Morgan fingerprint density at radius 3 is 1.46 bits per heavy atom. The molecule has 2 heteroatoms. The third-order valence-electron chi connectivity index (χ3n) is 4.82. The molecule has 2 aromatic rings. The molecule has 2 aromatic carbocycles. The van der Waals surface area contributed by atoms with E-state index in [2.05, 4.69) is 100 Å². The molecule has 3 rings (SSSR count). The zero-order valence-corrected chi connectivity index (χ0v) is 15.7. The second kappa shape index (κ2) is 6.35.